The molecule has 0 saturated carbocycles. The average Bonchev–Trinajstić information content (AvgIpc) is 2.54. The fourth-order valence-corrected chi connectivity index (χ4v) is 2.37. The van der Waals surface area contributed by atoms with Crippen molar-refractivity contribution in [1.82, 2.24) is 14.1 Å². The first-order chi connectivity index (χ1) is 8.24. The van der Waals surface area contributed by atoms with E-state index in [0.29, 0.717) is 18.9 Å². The number of alkyl halides is 1. The quantitative estimate of drug-likeness (QED) is 0.780. The Kier molecular flexibility index (Phi) is 4.15. The molecule has 1 aromatic rings. The van der Waals surface area contributed by atoms with E-state index in [9.17, 15) is 9.59 Å². The van der Waals surface area contributed by atoms with E-state index in [1.54, 1.807) is 4.57 Å². The van der Waals surface area contributed by atoms with Crippen LogP contribution in [-0.2, 0) is 19.5 Å². The Morgan fingerprint density at radius 3 is 2.82 bits per heavy atom. The van der Waals surface area contributed by atoms with Crippen molar-refractivity contribution in [3.63, 3.8) is 0 Å². The lowest BCUT2D eigenvalue weighted by atomic mass is 10.2. The summed E-state index contributed by atoms with van der Waals surface area (Å²) >= 11 is 3.30. The van der Waals surface area contributed by atoms with Crippen LogP contribution in [0.25, 0.3) is 0 Å². The molecule has 0 atom stereocenters. The minimum atomic E-state index is -0.399. The molecule has 0 aliphatic carbocycles. The molecule has 0 amide bonds. The third kappa shape index (κ3) is 2.68. The maximum absolute atomic E-state index is 12.2. The first-order valence-electron chi connectivity index (χ1n) is 6.00. The van der Waals surface area contributed by atoms with Crippen molar-refractivity contribution in [2.75, 3.05) is 5.33 Å². The second-order valence-electron chi connectivity index (χ2n) is 4.25. The van der Waals surface area contributed by atoms with Gasteiger partial charge in [-0.2, -0.15) is 4.98 Å². The van der Waals surface area contributed by atoms with Gasteiger partial charge in [0.1, 0.15) is 5.82 Å². The molecule has 0 aromatic carbocycles. The van der Waals surface area contributed by atoms with Gasteiger partial charge in [-0.1, -0.05) is 22.4 Å². The van der Waals surface area contributed by atoms with Gasteiger partial charge in [0.15, 0.2) is 0 Å². The predicted octanol–water partition coefficient (Wildman–Crippen LogP) is 0.916. The van der Waals surface area contributed by atoms with Crippen molar-refractivity contribution in [2.24, 2.45) is 0 Å². The van der Waals surface area contributed by atoms with Crippen molar-refractivity contribution in [3.8, 4) is 0 Å². The fraction of sp³-hybridized carbons (Fsp3) is 0.727. The van der Waals surface area contributed by atoms with E-state index in [1.807, 2.05) is 0 Å². The maximum Gasteiger partial charge on any atom is 0.353 e. The number of hydrogen-bond acceptors (Lipinski definition) is 3. The van der Waals surface area contributed by atoms with Crippen LogP contribution in [0.15, 0.2) is 9.59 Å². The Morgan fingerprint density at radius 1 is 1.24 bits per heavy atom. The van der Waals surface area contributed by atoms with Crippen molar-refractivity contribution in [1.29, 1.82) is 0 Å². The van der Waals surface area contributed by atoms with Gasteiger partial charge in [-0.15, -0.1) is 0 Å². The zero-order chi connectivity index (χ0) is 12.3. The molecule has 1 aromatic heterocycles. The Labute approximate surface area is 108 Å². The summed E-state index contributed by atoms with van der Waals surface area (Å²) in [6.45, 7) is 1.13. The van der Waals surface area contributed by atoms with Crippen LogP contribution in [0.3, 0.4) is 0 Å². The minimum Gasteiger partial charge on any atom is -0.281 e. The second kappa shape index (κ2) is 5.62. The summed E-state index contributed by atoms with van der Waals surface area (Å²) in [4.78, 5) is 28.0. The summed E-state index contributed by atoms with van der Waals surface area (Å²) in [5, 5.41) is 0.778. The minimum absolute atomic E-state index is 0.192. The molecule has 2 heterocycles. The first kappa shape index (κ1) is 12.5. The molecule has 0 spiro atoms. The van der Waals surface area contributed by atoms with Crippen molar-refractivity contribution >= 4 is 15.9 Å². The third-order valence-corrected chi connectivity index (χ3v) is 3.59. The Balaban J connectivity index is 2.45. The van der Waals surface area contributed by atoms with Crippen molar-refractivity contribution in [2.45, 2.75) is 45.2 Å². The first-order valence-corrected chi connectivity index (χ1v) is 7.12. The van der Waals surface area contributed by atoms with Gasteiger partial charge < -0.3 is 0 Å². The van der Waals surface area contributed by atoms with Crippen LogP contribution in [-0.4, -0.2) is 19.4 Å². The van der Waals surface area contributed by atoms with Crippen LogP contribution in [0.4, 0.5) is 0 Å². The number of rotatable bonds is 3. The van der Waals surface area contributed by atoms with Gasteiger partial charge in [0.2, 0.25) is 0 Å². The SMILES string of the molecule is O=c1nc2n(c(=O)n1CCCBr)CCCCC2. The van der Waals surface area contributed by atoms with Gasteiger partial charge in [-0.05, 0) is 19.3 Å². The standard InChI is InChI=1S/C11H16BrN3O2/c12-6-4-8-15-10(16)13-9-5-2-1-3-7-14(9)11(15)17/h1-8H2. The largest absolute Gasteiger partial charge is 0.353 e. The molecular formula is C11H16BrN3O2. The van der Waals surface area contributed by atoms with Crippen LogP contribution in [0, 0.1) is 0 Å². The number of nitrogens with zero attached hydrogens (tertiary/aromatic N) is 3. The van der Waals surface area contributed by atoms with E-state index in [1.165, 1.54) is 4.57 Å². The number of fused-ring (bicyclic) bond motifs is 1. The molecule has 1 aliphatic rings. The van der Waals surface area contributed by atoms with E-state index in [2.05, 4.69) is 20.9 Å². The van der Waals surface area contributed by atoms with E-state index in [-0.39, 0.29) is 5.69 Å². The molecular weight excluding hydrogens is 286 g/mol. The molecule has 0 radical (unpaired) electrons. The van der Waals surface area contributed by atoms with Gasteiger partial charge in [-0.3, -0.25) is 4.57 Å². The topological polar surface area (TPSA) is 56.9 Å². The number of aromatic nitrogens is 3. The summed E-state index contributed by atoms with van der Waals surface area (Å²) in [5.74, 6) is 0.660. The maximum atomic E-state index is 12.2. The molecule has 17 heavy (non-hydrogen) atoms. The molecule has 0 bridgehead atoms. The lowest BCUT2D eigenvalue weighted by Gasteiger charge is -2.10. The molecule has 0 unspecified atom stereocenters. The molecule has 94 valence electrons. The molecule has 5 nitrogen and oxygen atoms in total. The van der Waals surface area contributed by atoms with Crippen LogP contribution in [0.1, 0.15) is 31.5 Å². The third-order valence-electron chi connectivity index (χ3n) is 3.03. The lowest BCUT2D eigenvalue weighted by molar-refractivity contribution is 0.505. The summed E-state index contributed by atoms with van der Waals surface area (Å²) in [6.07, 6.45) is 4.60. The van der Waals surface area contributed by atoms with E-state index >= 15 is 0 Å². The highest BCUT2D eigenvalue weighted by Gasteiger charge is 2.14. The van der Waals surface area contributed by atoms with Crippen LogP contribution in [0.2, 0.25) is 0 Å². The highest BCUT2D eigenvalue weighted by molar-refractivity contribution is 9.09. The predicted molar refractivity (Wildman–Crippen MR) is 68.7 cm³/mol. The van der Waals surface area contributed by atoms with Gasteiger partial charge in [0.25, 0.3) is 0 Å². The van der Waals surface area contributed by atoms with E-state index in [0.717, 1.165) is 37.4 Å². The lowest BCUT2D eigenvalue weighted by Crippen LogP contribution is -2.43. The number of aryl methyl sites for hydroxylation is 1. The van der Waals surface area contributed by atoms with E-state index < -0.39 is 5.69 Å². The molecule has 0 saturated heterocycles. The van der Waals surface area contributed by atoms with Crippen molar-refractivity contribution in [3.05, 3.63) is 26.8 Å². The second-order valence-corrected chi connectivity index (χ2v) is 5.04. The molecule has 6 heteroatoms. The summed E-state index contributed by atoms with van der Waals surface area (Å²) in [7, 11) is 0. The average molecular weight is 302 g/mol. The highest BCUT2D eigenvalue weighted by Crippen LogP contribution is 2.08. The Bertz CT molecular complexity index is 506. The highest BCUT2D eigenvalue weighted by atomic mass is 79.9. The summed E-state index contributed by atoms with van der Waals surface area (Å²) in [5.41, 5.74) is -0.591. The van der Waals surface area contributed by atoms with E-state index in [4.69, 9.17) is 0 Å². The van der Waals surface area contributed by atoms with Gasteiger partial charge >= 0.3 is 11.4 Å². The Hall–Kier alpha value is -0.910. The van der Waals surface area contributed by atoms with Crippen molar-refractivity contribution < 1.29 is 0 Å². The molecule has 0 N–H and O–H groups in total. The zero-order valence-corrected chi connectivity index (χ0v) is 11.3. The fourth-order valence-electron chi connectivity index (χ4n) is 2.12. The molecule has 0 fully saturated rings. The van der Waals surface area contributed by atoms with Gasteiger partial charge in [0, 0.05) is 24.8 Å². The summed E-state index contributed by atoms with van der Waals surface area (Å²) in [6, 6.07) is 0. The number of hydrogen-bond donors (Lipinski definition) is 0. The van der Waals surface area contributed by atoms with Crippen LogP contribution in [0.5, 0.6) is 0 Å². The monoisotopic (exact) mass is 301 g/mol. The van der Waals surface area contributed by atoms with Gasteiger partial charge in [-0.25, -0.2) is 14.2 Å². The molecule has 2 rings (SSSR count). The van der Waals surface area contributed by atoms with Crippen LogP contribution >= 0.6 is 15.9 Å². The normalized spacial score (nSPS) is 15.4. The summed E-state index contributed by atoms with van der Waals surface area (Å²) < 4.78 is 2.92. The zero-order valence-electron chi connectivity index (χ0n) is 9.69. The smallest absolute Gasteiger partial charge is 0.281 e. The van der Waals surface area contributed by atoms with Crippen LogP contribution < -0.4 is 11.4 Å². The number of halogens is 1. The van der Waals surface area contributed by atoms with Gasteiger partial charge in [0.05, 0.1) is 0 Å². The molecule has 1 aliphatic heterocycles. The Morgan fingerprint density at radius 2 is 2.06 bits per heavy atom.